The van der Waals surface area contributed by atoms with Crippen molar-refractivity contribution < 1.29 is 75.7 Å². The summed E-state index contributed by atoms with van der Waals surface area (Å²) in [6, 6.07) is -2.02. The summed E-state index contributed by atoms with van der Waals surface area (Å²) in [4.78, 5) is 55.7. The van der Waals surface area contributed by atoms with Gasteiger partial charge in [0.2, 0.25) is 17.7 Å². The van der Waals surface area contributed by atoms with Gasteiger partial charge in [0.05, 0.1) is 12.0 Å². The largest absolute Gasteiger partial charge is 1.00 e. The van der Waals surface area contributed by atoms with Crippen LogP contribution in [0.4, 0.5) is 0 Å². The van der Waals surface area contributed by atoms with Crippen LogP contribution in [0.2, 0.25) is 0 Å². The van der Waals surface area contributed by atoms with E-state index in [0.717, 1.165) is 25.7 Å². The van der Waals surface area contributed by atoms with Crippen molar-refractivity contribution in [2.24, 2.45) is 0 Å². The van der Waals surface area contributed by atoms with Crippen molar-refractivity contribution in [1.82, 2.24) is 14.7 Å². The maximum absolute atomic E-state index is 13.5. The van der Waals surface area contributed by atoms with Gasteiger partial charge in [-0.05, 0) is 44.9 Å². The van der Waals surface area contributed by atoms with Gasteiger partial charge in [-0.15, -0.1) is 0 Å². The molecule has 3 amide bonds. The molecule has 0 N–H and O–H groups in total. The van der Waals surface area contributed by atoms with E-state index in [1.807, 2.05) is 0 Å². The number of unbranched alkanes of at least 4 members (excludes halogenated alkanes) is 8. The molecule has 0 saturated carbocycles. The Kier molecular flexibility index (Phi) is 14.5. The molecule has 3 rings (SSSR count). The van der Waals surface area contributed by atoms with Crippen LogP contribution in [0.15, 0.2) is 0 Å². The molecule has 3 unspecified atom stereocenters. The average Bonchev–Trinajstić information content (AvgIpc) is 3.61. The summed E-state index contributed by atoms with van der Waals surface area (Å²) in [6.07, 6.45) is 14.9. The van der Waals surface area contributed by atoms with Crippen LogP contribution in [-0.4, -0.2) is 76.2 Å². The molecule has 3 atom stereocenters. The van der Waals surface area contributed by atoms with Gasteiger partial charge in [-0.3, -0.25) is 14.4 Å². The van der Waals surface area contributed by atoms with Crippen LogP contribution < -0.4 is 56.5 Å². The van der Waals surface area contributed by atoms with Gasteiger partial charge in [0.1, 0.15) is 12.1 Å². The number of carbonyl (C=O) groups is 4. The molecule has 3 fully saturated rings. The van der Waals surface area contributed by atoms with E-state index < -0.39 is 24.1 Å². The summed E-state index contributed by atoms with van der Waals surface area (Å²) in [6.45, 7) is 3.69. The fraction of sp³-hybridized carbons (Fsp3) is 0.852. The first kappa shape index (κ1) is 31.7. The number of aliphatic carboxylic acids is 1. The molecule has 198 valence electrons. The van der Waals surface area contributed by atoms with E-state index in [0.29, 0.717) is 58.2 Å². The number of hydrogen-bond donors (Lipinski definition) is 0. The van der Waals surface area contributed by atoms with E-state index in [4.69, 9.17) is 0 Å². The number of likely N-dealkylation sites (tertiary alicyclic amines) is 3. The topological polar surface area (TPSA) is 101 Å². The molecular formula is C27H44KN3O5. The molecule has 0 aromatic rings. The quantitative estimate of drug-likeness (QED) is 0.240. The molecule has 0 radical (unpaired) electrons. The van der Waals surface area contributed by atoms with Crippen molar-refractivity contribution in [1.29, 1.82) is 0 Å². The fourth-order valence-electron chi connectivity index (χ4n) is 6.00. The van der Waals surface area contributed by atoms with E-state index >= 15 is 0 Å². The molecule has 3 aliphatic heterocycles. The van der Waals surface area contributed by atoms with Gasteiger partial charge in [-0.1, -0.05) is 58.3 Å². The standard InChI is InChI=1S/C27H45N3O5.K/c1-2-3-4-5-6-7-8-9-10-17-24(31)28-18-11-14-21(28)25(32)29-19-12-15-22(29)26(33)30-20-13-16-23(30)27(34)35;/h21-23H,2-20H2,1H3,(H,34,35);/q;+1/p-1. The maximum atomic E-state index is 13.5. The van der Waals surface area contributed by atoms with Crippen molar-refractivity contribution in [3.8, 4) is 0 Å². The van der Waals surface area contributed by atoms with Gasteiger partial charge in [0.25, 0.3) is 0 Å². The van der Waals surface area contributed by atoms with E-state index in [-0.39, 0.29) is 69.1 Å². The van der Waals surface area contributed by atoms with Gasteiger partial charge in [-0.2, -0.15) is 0 Å². The van der Waals surface area contributed by atoms with Gasteiger partial charge in [-0.25, -0.2) is 0 Å². The molecule has 8 nitrogen and oxygen atoms in total. The Morgan fingerprint density at radius 1 is 0.639 bits per heavy atom. The van der Waals surface area contributed by atoms with Crippen LogP contribution in [0.3, 0.4) is 0 Å². The number of rotatable bonds is 13. The molecule has 0 bridgehead atoms. The second-order valence-electron chi connectivity index (χ2n) is 10.5. The molecule has 0 spiro atoms. The van der Waals surface area contributed by atoms with Crippen LogP contribution in [0.25, 0.3) is 0 Å². The molecule has 0 aromatic heterocycles. The minimum Gasteiger partial charge on any atom is -0.548 e. The summed E-state index contributed by atoms with van der Waals surface area (Å²) in [5.74, 6) is -1.62. The second-order valence-corrected chi connectivity index (χ2v) is 10.5. The number of hydrogen-bond acceptors (Lipinski definition) is 5. The van der Waals surface area contributed by atoms with Crippen molar-refractivity contribution in [3.63, 3.8) is 0 Å². The summed E-state index contributed by atoms with van der Waals surface area (Å²) in [7, 11) is 0. The Morgan fingerprint density at radius 3 is 1.58 bits per heavy atom. The normalized spacial score (nSPS) is 23.7. The van der Waals surface area contributed by atoms with Crippen molar-refractivity contribution >= 4 is 23.7 Å². The summed E-state index contributed by atoms with van der Waals surface area (Å²) < 4.78 is 0. The molecule has 9 heteroatoms. The third kappa shape index (κ3) is 8.51. The molecular weight excluding hydrogens is 485 g/mol. The molecule has 3 saturated heterocycles. The Balaban J connectivity index is 0.00000456. The number of carboxylic acids is 1. The Bertz CT molecular complexity index is 749. The molecule has 3 heterocycles. The average molecular weight is 530 g/mol. The van der Waals surface area contributed by atoms with Gasteiger partial charge in [0, 0.05) is 26.1 Å². The number of carboxylic acid groups (broad SMARTS) is 1. The number of nitrogens with zero attached hydrogens (tertiary/aromatic N) is 3. The zero-order chi connectivity index (χ0) is 25.2. The minimum absolute atomic E-state index is 0. The van der Waals surface area contributed by atoms with Gasteiger partial charge >= 0.3 is 51.4 Å². The summed E-state index contributed by atoms with van der Waals surface area (Å²) in [5, 5.41) is 11.4. The van der Waals surface area contributed by atoms with Crippen LogP contribution in [0.1, 0.15) is 110 Å². The van der Waals surface area contributed by atoms with E-state index in [9.17, 15) is 24.3 Å². The Morgan fingerprint density at radius 2 is 1.06 bits per heavy atom. The predicted octanol–water partition coefficient (Wildman–Crippen LogP) is -0.366. The van der Waals surface area contributed by atoms with Gasteiger partial charge in [0.15, 0.2) is 0 Å². The Hall–Kier alpha value is -0.484. The van der Waals surface area contributed by atoms with E-state index in [1.54, 1.807) is 9.80 Å². The first-order valence-corrected chi connectivity index (χ1v) is 14.1. The monoisotopic (exact) mass is 529 g/mol. The first-order valence-electron chi connectivity index (χ1n) is 14.1. The van der Waals surface area contributed by atoms with Crippen molar-refractivity contribution in [2.45, 2.75) is 128 Å². The first-order chi connectivity index (χ1) is 17.0. The fourth-order valence-corrected chi connectivity index (χ4v) is 6.00. The molecule has 36 heavy (non-hydrogen) atoms. The van der Waals surface area contributed by atoms with Gasteiger partial charge < -0.3 is 24.6 Å². The zero-order valence-corrected chi connectivity index (χ0v) is 25.7. The van der Waals surface area contributed by atoms with E-state index in [1.165, 1.54) is 43.4 Å². The number of amides is 3. The summed E-state index contributed by atoms with van der Waals surface area (Å²) >= 11 is 0. The van der Waals surface area contributed by atoms with Crippen LogP contribution >= 0.6 is 0 Å². The molecule has 3 aliphatic rings. The number of carbonyl (C=O) groups excluding carboxylic acids is 4. The van der Waals surface area contributed by atoms with Crippen LogP contribution in [0, 0.1) is 0 Å². The van der Waals surface area contributed by atoms with Crippen LogP contribution in [-0.2, 0) is 19.2 Å². The smallest absolute Gasteiger partial charge is 0.548 e. The SMILES string of the molecule is CCCCCCCCCCCC(=O)N1CCCC1C(=O)N1CCCC1C(=O)N1CCCC1C(=O)[O-].[K+]. The minimum atomic E-state index is -1.23. The molecule has 0 aliphatic carbocycles. The molecule has 0 aromatic carbocycles. The van der Waals surface area contributed by atoms with Crippen LogP contribution in [0.5, 0.6) is 0 Å². The third-order valence-electron chi connectivity index (χ3n) is 7.98. The second kappa shape index (κ2) is 16.5. The maximum Gasteiger partial charge on any atom is 1.00 e. The third-order valence-corrected chi connectivity index (χ3v) is 7.98. The predicted molar refractivity (Wildman–Crippen MR) is 131 cm³/mol. The van der Waals surface area contributed by atoms with Crippen molar-refractivity contribution in [2.75, 3.05) is 19.6 Å². The zero-order valence-electron chi connectivity index (χ0n) is 22.5. The Labute approximate surface area is 259 Å². The summed E-state index contributed by atoms with van der Waals surface area (Å²) in [5.41, 5.74) is 0. The van der Waals surface area contributed by atoms with Crippen molar-refractivity contribution in [3.05, 3.63) is 0 Å². The van der Waals surface area contributed by atoms with E-state index in [2.05, 4.69) is 6.92 Å².